The van der Waals surface area contributed by atoms with Crippen molar-refractivity contribution in [3.05, 3.63) is 29.6 Å². The Morgan fingerprint density at radius 2 is 1.87 bits per heavy atom. The third-order valence-electron chi connectivity index (χ3n) is 3.50. The van der Waals surface area contributed by atoms with Crippen molar-refractivity contribution in [1.29, 1.82) is 0 Å². The highest BCUT2D eigenvalue weighted by Crippen LogP contribution is 2.33. The van der Waals surface area contributed by atoms with Crippen molar-refractivity contribution >= 4 is 17.7 Å². The van der Waals surface area contributed by atoms with Crippen LogP contribution in [0.1, 0.15) is 59.9 Å². The molecule has 0 heterocycles. The zero-order chi connectivity index (χ0) is 17.3. The fraction of sp³-hybridized carbons (Fsp3) is 0.632. The molecule has 1 saturated carbocycles. The van der Waals surface area contributed by atoms with E-state index in [1.807, 2.05) is 0 Å². The Morgan fingerprint density at radius 1 is 1.22 bits per heavy atom. The van der Waals surface area contributed by atoms with Crippen molar-refractivity contribution in [3.8, 4) is 5.75 Å². The van der Waals surface area contributed by atoms with E-state index in [-0.39, 0.29) is 16.0 Å². The topological polar surface area (TPSA) is 21.6 Å². The lowest BCUT2D eigenvalue weighted by Gasteiger charge is -2.24. The molecule has 1 aliphatic carbocycles. The molecule has 0 spiro atoms. The summed E-state index contributed by atoms with van der Waals surface area (Å²) in [6.07, 6.45) is 2.39. The number of hydrogen-bond donors (Lipinski definition) is 0. The molecule has 0 radical (unpaired) electrons. The summed E-state index contributed by atoms with van der Waals surface area (Å²) in [5.74, 6) is 0.642. The molecule has 1 aliphatic rings. The highest BCUT2D eigenvalue weighted by molar-refractivity contribution is 7.99. The number of benzene rings is 1. The minimum Gasteiger partial charge on any atom is -0.490 e. The molecule has 1 fully saturated rings. The Bertz CT molecular complexity index is 580. The molecule has 2 nitrogen and oxygen atoms in total. The summed E-state index contributed by atoms with van der Waals surface area (Å²) in [6, 6.07) is 5.08. The van der Waals surface area contributed by atoms with Gasteiger partial charge >= 0.3 is 0 Å². The van der Waals surface area contributed by atoms with Crippen LogP contribution >= 0.6 is 11.9 Å². The highest BCUT2D eigenvalue weighted by Gasteiger charge is 2.25. The monoisotopic (exact) mass is 337 g/mol. The van der Waals surface area contributed by atoms with Gasteiger partial charge in [-0.25, -0.2) is 8.79 Å². The molecule has 0 saturated heterocycles. The molecule has 0 atom stereocenters. The van der Waals surface area contributed by atoms with Gasteiger partial charge in [-0.05, 0) is 69.7 Å². The molecule has 0 aromatic heterocycles. The molecule has 2 rings (SSSR count). The smallest absolute Gasteiger partial charge is 0.165 e. The Labute approximate surface area is 144 Å². The van der Waals surface area contributed by atoms with Crippen LogP contribution in [0.3, 0.4) is 0 Å². The van der Waals surface area contributed by atoms with Crippen LogP contribution in [0.2, 0.25) is 0 Å². The summed E-state index contributed by atoms with van der Waals surface area (Å²) in [7, 11) is 0. The van der Waals surface area contributed by atoms with Crippen molar-refractivity contribution in [2.75, 3.05) is 6.61 Å². The summed E-state index contributed by atoms with van der Waals surface area (Å²) >= 11 is 1.56. The normalized spacial score (nSPS) is 16.6. The lowest BCUT2D eigenvalue weighted by Crippen LogP contribution is -2.22. The van der Waals surface area contributed by atoms with Gasteiger partial charge in [0.2, 0.25) is 0 Å². The molecular weight excluding hydrogens is 309 g/mol. The summed E-state index contributed by atoms with van der Waals surface area (Å²) in [6.45, 7) is 13.4. The van der Waals surface area contributed by atoms with Crippen molar-refractivity contribution < 1.29 is 9.13 Å². The molecule has 0 amide bonds. The van der Waals surface area contributed by atoms with Crippen LogP contribution < -0.4 is 4.74 Å². The molecular formula is C19H28FNOS. The molecule has 1 aromatic carbocycles. The largest absolute Gasteiger partial charge is 0.490 e. The second kappa shape index (κ2) is 6.84. The van der Waals surface area contributed by atoms with Crippen LogP contribution in [-0.2, 0) is 0 Å². The van der Waals surface area contributed by atoms with Gasteiger partial charge in [0.1, 0.15) is 0 Å². The molecule has 0 bridgehead atoms. The number of ether oxygens (including phenoxy) is 1. The number of nitrogens with zero attached hydrogens (tertiary/aromatic N) is 1. The summed E-state index contributed by atoms with van der Waals surface area (Å²) < 4.78 is 24.5. The van der Waals surface area contributed by atoms with Crippen LogP contribution in [0.25, 0.3) is 0 Å². The second-order valence-corrected chi connectivity index (χ2v) is 9.88. The van der Waals surface area contributed by atoms with Gasteiger partial charge in [0.15, 0.2) is 11.6 Å². The number of halogens is 1. The first-order valence-corrected chi connectivity index (χ1v) is 9.03. The van der Waals surface area contributed by atoms with E-state index in [4.69, 9.17) is 9.13 Å². The van der Waals surface area contributed by atoms with Crippen LogP contribution in [0, 0.1) is 17.2 Å². The van der Waals surface area contributed by atoms with E-state index in [0.717, 1.165) is 11.3 Å². The quantitative estimate of drug-likeness (QED) is 0.493. The van der Waals surface area contributed by atoms with Crippen molar-refractivity contribution in [1.82, 2.24) is 0 Å². The van der Waals surface area contributed by atoms with Crippen molar-refractivity contribution in [2.24, 2.45) is 15.7 Å². The number of hydrogen-bond acceptors (Lipinski definition) is 3. The number of rotatable bonds is 5. The zero-order valence-corrected chi connectivity index (χ0v) is 15.9. The Balaban J connectivity index is 2.28. The van der Waals surface area contributed by atoms with E-state index in [1.54, 1.807) is 24.1 Å². The minimum atomic E-state index is -0.300. The van der Waals surface area contributed by atoms with E-state index in [1.165, 1.54) is 18.9 Å². The molecule has 0 aliphatic heterocycles. The minimum absolute atomic E-state index is 0.0435. The Kier molecular flexibility index (Phi) is 5.44. The lowest BCUT2D eigenvalue weighted by molar-refractivity contribution is 0.285. The van der Waals surface area contributed by atoms with Gasteiger partial charge in [-0.2, -0.15) is 0 Å². The van der Waals surface area contributed by atoms with Gasteiger partial charge in [0, 0.05) is 15.7 Å². The first-order chi connectivity index (χ1) is 10.6. The van der Waals surface area contributed by atoms with Gasteiger partial charge in [-0.1, -0.05) is 20.8 Å². The summed E-state index contributed by atoms with van der Waals surface area (Å²) in [5.41, 5.74) is 1.78. The lowest BCUT2D eigenvalue weighted by atomic mass is 9.85. The van der Waals surface area contributed by atoms with Crippen LogP contribution in [0.15, 0.2) is 22.6 Å². The van der Waals surface area contributed by atoms with Gasteiger partial charge in [-0.15, -0.1) is 0 Å². The Hall–Kier alpha value is -1.03. The van der Waals surface area contributed by atoms with Gasteiger partial charge in [-0.3, -0.25) is 0 Å². The van der Waals surface area contributed by atoms with Crippen LogP contribution in [0.4, 0.5) is 4.39 Å². The van der Waals surface area contributed by atoms with Crippen LogP contribution in [0.5, 0.6) is 5.75 Å². The first-order valence-electron chi connectivity index (χ1n) is 8.25. The fourth-order valence-electron chi connectivity index (χ4n) is 2.06. The highest BCUT2D eigenvalue weighted by atomic mass is 32.2. The molecule has 0 N–H and O–H groups in total. The molecule has 23 heavy (non-hydrogen) atoms. The van der Waals surface area contributed by atoms with Crippen molar-refractivity contribution in [3.63, 3.8) is 0 Å². The first kappa shape index (κ1) is 18.3. The second-order valence-electron chi connectivity index (χ2n) is 8.29. The molecule has 128 valence electrons. The molecule has 1 aromatic rings. The van der Waals surface area contributed by atoms with Crippen LogP contribution in [-0.4, -0.2) is 17.1 Å². The third kappa shape index (κ3) is 5.83. The zero-order valence-electron chi connectivity index (χ0n) is 15.1. The van der Waals surface area contributed by atoms with E-state index >= 15 is 0 Å². The standard InChI is InChI=1S/C19H28FNOS/c1-18(2,3)17(21-23-19(4,5)6)14-9-10-15(20)16(11-14)22-12-13-7-8-13/h9-11,13H,7-8,12H2,1-6H3. The third-order valence-corrected chi connectivity index (χ3v) is 4.32. The molecule has 0 unspecified atom stereocenters. The van der Waals surface area contributed by atoms with E-state index in [0.29, 0.717) is 18.3 Å². The molecule has 4 heteroatoms. The summed E-state index contributed by atoms with van der Waals surface area (Å²) in [5, 5.41) is 0. The van der Waals surface area contributed by atoms with Crippen molar-refractivity contribution in [2.45, 2.75) is 59.1 Å². The predicted molar refractivity (Wildman–Crippen MR) is 98.0 cm³/mol. The average molecular weight is 338 g/mol. The van der Waals surface area contributed by atoms with Gasteiger partial charge < -0.3 is 4.74 Å². The maximum atomic E-state index is 14.0. The average Bonchev–Trinajstić information content (AvgIpc) is 3.20. The maximum absolute atomic E-state index is 14.0. The SMILES string of the molecule is CC(C)(C)SN=C(c1ccc(F)c(OCC2CC2)c1)C(C)(C)C. The van der Waals surface area contributed by atoms with Gasteiger partial charge in [0.25, 0.3) is 0 Å². The van der Waals surface area contributed by atoms with Gasteiger partial charge in [0.05, 0.1) is 12.3 Å². The van der Waals surface area contributed by atoms with E-state index < -0.39 is 0 Å². The summed E-state index contributed by atoms with van der Waals surface area (Å²) in [4.78, 5) is 0. The fourth-order valence-corrected chi connectivity index (χ4v) is 2.80. The maximum Gasteiger partial charge on any atom is 0.165 e. The van der Waals surface area contributed by atoms with E-state index in [2.05, 4.69) is 41.5 Å². The van der Waals surface area contributed by atoms with E-state index in [9.17, 15) is 4.39 Å². The Morgan fingerprint density at radius 3 is 2.39 bits per heavy atom. The predicted octanol–water partition coefficient (Wildman–Crippen LogP) is 5.90.